The van der Waals surface area contributed by atoms with Crippen LogP contribution in [-0.4, -0.2) is 35.8 Å². The number of nitrogens with zero attached hydrogens (tertiary/aromatic N) is 1. The summed E-state index contributed by atoms with van der Waals surface area (Å²) in [5.74, 6) is -1.25. The second-order valence-corrected chi connectivity index (χ2v) is 7.16. The summed E-state index contributed by atoms with van der Waals surface area (Å²) in [6.07, 6.45) is 0.530. The van der Waals surface area contributed by atoms with Gasteiger partial charge in [-0.2, -0.15) is 0 Å². The number of nitrogens with one attached hydrogen (secondary N) is 1. The molecular weight excluding hydrogens is 356 g/mol. The van der Waals surface area contributed by atoms with Crippen LogP contribution in [-0.2, 0) is 14.4 Å². The van der Waals surface area contributed by atoms with Crippen LogP contribution in [0.15, 0.2) is 54.6 Å². The second kappa shape index (κ2) is 8.25. The van der Waals surface area contributed by atoms with E-state index in [2.05, 4.69) is 5.32 Å². The number of likely N-dealkylation sites (N-methyl/N-ethyl adjacent to an activating group) is 1. The summed E-state index contributed by atoms with van der Waals surface area (Å²) in [7, 11) is 1.46. The van der Waals surface area contributed by atoms with Gasteiger partial charge in [-0.15, -0.1) is 0 Å². The third-order valence-corrected chi connectivity index (χ3v) is 5.23. The Balaban J connectivity index is 1.88. The van der Waals surface area contributed by atoms with Crippen molar-refractivity contribution in [1.29, 1.82) is 0 Å². The number of piperidine rings is 1. The number of phenolic OH excluding ortho intramolecular Hbond substituents is 1. The SMILES string of the molecule is CNC(=O)[C@@H]1C(=O)C[C@@H](CC(C)c2ccc(O)cc2)C(=O)N1c1ccccc1. The van der Waals surface area contributed by atoms with Gasteiger partial charge in [-0.05, 0) is 42.2 Å². The minimum atomic E-state index is -1.14. The quantitative estimate of drug-likeness (QED) is 0.781. The molecule has 2 aromatic rings. The van der Waals surface area contributed by atoms with Crippen LogP contribution in [0.1, 0.15) is 31.2 Å². The topological polar surface area (TPSA) is 86.7 Å². The summed E-state index contributed by atoms with van der Waals surface area (Å²) in [5.41, 5.74) is 1.52. The fourth-order valence-corrected chi connectivity index (χ4v) is 3.72. The fraction of sp³-hybridized carbons (Fsp3) is 0.318. The molecule has 3 atom stereocenters. The lowest BCUT2D eigenvalue weighted by Gasteiger charge is -2.38. The van der Waals surface area contributed by atoms with E-state index < -0.39 is 17.9 Å². The Morgan fingerprint density at radius 2 is 1.79 bits per heavy atom. The van der Waals surface area contributed by atoms with E-state index in [0.717, 1.165) is 5.56 Å². The molecule has 0 radical (unpaired) electrons. The van der Waals surface area contributed by atoms with Gasteiger partial charge in [0.15, 0.2) is 11.8 Å². The number of Topliss-reactive ketones (excluding diaryl/α,β-unsaturated/α-hetero) is 1. The van der Waals surface area contributed by atoms with Gasteiger partial charge in [-0.25, -0.2) is 0 Å². The molecule has 2 amide bonds. The number of amides is 2. The van der Waals surface area contributed by atoms with Crippen molar-refractivity contribution >= 4 is 23.3 Å². The minimum Gasteiger partial charge on any atom is -0.508 e. The monoisotopic (exact) mass is 380 g/mol. The van der Waals surface area contributed by atoms with E-state index in [4.69, 9.17) is 0 Å². The summed E-state index contributed by atoms with van der Waals surface area (Å²) >= 11 is 0. The molecule has 1 fully saturated rings. The van der Waals surface area contributed by atoms with E-state index in [0.29, 0.717) is 12.1 Å². The highest BCUT2D eigenvalue weighted by atomic mass is 16.3. The Hall–Kier alpha value is -3.15. The van der Waals surface area contributed by atoms with Gasteiger partial charge in [0.25, 0.3) is 5.91 Å². The lowest BCUT2D eigenvalue weighted by Crippen LogP contribution is -2.59. The first-order chi connectivity index (χ1) is 13.4. The maximum atomic E-state index is 13.3. The molecule has 2 N–H and O–H groups in total. The third kappa shape index (κ3) is 3.91. The zero-order valence-electron chi connectivity index (χ0n) is 16.0. The molecule has 1 aliphatic rings. The van der Waals surface area contributed by atoms with Gasteiger partial charge in [0.05, 0.1) is 0 Å². The van der Waals surface area contributed by atoms with E-state index in [1.54, 1.807) is 36.4 Å². The first kappa shape index (κ1) is 19.6. The third-order valence-electron chi connectivity index (χ3n) is 5.23. The highest BCUT2D eigenvalue weighted by molar-refractivity contribution is 6.18. The van der Waals surface area contributed by atoms with Crippen LogP contribution >= 0.6 is 0 Å². The van der Waals surface area contributed by atoms with E-state index >= 15 is 0 Å². The number of para-hydroxylation sites is 1. The molecule has 28 heavy (non-hydrogen) atoms. The predicted molar refractivity (Wildman–Crippen MR) is 106 cm³/mol. The number of carbonyl (C=O) groups excluding carboxylic acids is 3. The summed E-state index contributed by atoms with van der Waals surface area (Å²) < 4.78 is 0. The van der Waals surface area contributed by atoms with Crippen molar-refractivity contribution in [1.82, 2.24) is 5.32 Å². The molecule has 6 nitrogen and oxygen atoms in total. The van der Waals surface area contributed by atoms with E-state index in [-0.39, 0.29) is 29.8 Å². The lowest BCUT2D eigenvalue weighted by molar-refractivity contribution is -0.139. The maximum absolute atomic E-state index is 13.3. The first-order valence-electron chi connectivity index (χ1n) is 9.33. The smallest absolute Gasteiger partial charge is 0.250 e. The van der Waals surface area contributed by atoms with E-state index in [1.165, 1.54) is 11.9 Å². The molecule has 1 heterocycles. The summed E-state index contributed by atoms with van der Waals surface area (Å²) in [5, 5.41) is 12.0. The highest BCUT2D eigenvalue weighted by Gasteiger charge is 2.45. The number of anilines is 1. The summed E-state index contributed by atoms with van der Waals surface area (Å²) in [6.45, 7) is 1.99. The Morgan fingerprint density at radius 1 is 1.14 bits per heavy atom. The van der Waals surface area contributed by atoms with Gasteiger partial charge >= 0.3 is 0 Å². The lowest BCUT2D eigenvalue weighted by atomic mass is 9.82. The van der Waals surface area contributed by atoms with Crippen LogP contribution in [0.3, 0.4) is 0 Å². The fourth-order valence-electron chi connectivity index (χ4n) is 3.72. The predicted octanol–water partition coefficient (Wildman–Crippen LogP) is 2.62. The van der Waals surface area contributed by atoms with Gasteiger partial charge in [0, 0.05) is 25.1 Å². The van der Waals surface area contributed by atoms with Crippen molar-refractivity contribution in [2.75, 3.05) is 11.9 Å². The van der Waals surface area contributed by atoms with Gasteiger partial charge in [-0.3, -0.25) is 19.3 Å². The molecule has 6 heteroatoms. The number of hydrogen-bond donors (Lipinski definition) is 2. The molecule has 2 aromatic carbocycles. The molecule has 0 bridgehead atoms. The van der Waals surface area contributed by atoms with Crippen molar-refractivity contribution in [3.8, 4) is 5.75 Å². The number of benzene rings is 2. The van der Waals surface area contributed by atoms with E-state index in [1.807, 2.05) is 25.1 Å². The van der Waals surface area contributed by atoms with Crippen molar-refractivity contribution in [3.05, 3.63) is 60.2 Å². The van der Waals surface area contributed by atoms with Crippen LogP contribution in [0.2, 0.25) is 0 Å². The number of hydrogen-bond acceptors (Lipinski definition) is 4. The molecule has 146 valence electrons. The Kier molecular flexibility index (Phi) is 5.78. The van der Waals surface area contributed by atoms with Gasteiger partial charge in [0.1, 0.15) is 5.75 Å². The van der Waals surface area contributed by atoms with Gasteiger partial charge in [-0.1, -0.05) is 37.3 Å². The molecule has 0 saturated carbocycles. The largest absolute Gasteiger partial charge is 0.508 e. The average Bonchev–Trinajstić information content (AvgIpc) is 2.70. The Labute approximate surface area is 164 Å². The normalized spacial score (nSPS) is 20.7. The molecule has 0 aliphatic carbocycles. The molecule has 1 saturated heterocycles. The molecule has 1 aliphatic heterocycles. The van der Waals surface area contributed by atoms with Crippen molar-refractivity contribution in [3.63, 3.8) is 0 Å². The second-order valence-electron chi connectivity index (χ2n) is 7.16. The molecule has 1 unspecified atom stereocenters. The summed E-state index contributed by atoms with van der Waals surface area (Å²) in [6, 6.07) is 14.5. The zero-order chi connectivity index (χ0) is 20.3. The van der Waals surface area contributed by atoms with E-state index in [9.17, 15) is 19.5 Å². The van der Waals surface area contributed by atoms with Gasteiger partial charge < -0.3 is 10.4 Å². The van der Waals surface area contributed by atoms with Crippen LogP contribution < -0.4 is 10.2 Å². The maximum Gasteiger partial charge on any atom is 0.250 e. The first-order valence-corrected chi connectivity index (χ1v) is 9.33. The number of aromatic hydroxyl groups is 1. The van der Waals surface area contributed by atoms with Crippen molar-refractivity contribution < 1.29 is 19.5 Å². The number of rotatable bonds is 5. The molecule has 3 rings (SSSR count). The molecule has 0 aromatic heterocycles. The van der Waals surface area contributed by atoms with Crippen LogP contribution in [0.4, 0.5) is 5.69 Å². The van der Waals surface area contributed by atoms with Crippen LogP contribution in [0.5, 0.6) is 5.75 Å². The van der Waals surface area contributed by atoms with Crippen molar-refractivity contribution in [2.24, 2.45) is 5.92 Å². The average molecular weight is 380 g/mol. The molecule has 0 spiro atoms. The standard InChI is InChI=1S/C22H24N2O4/c1-14(15-8-10-18(25)11-9-15)12-16-13-19(26)20(21(27)23-2)24(22(16)28)17-6-4-3-5-7-17/h3-11,14,16,20,25H,12-13H2,1-2H3,(H,23,27)/t14?,16-,20+/m1/s1. The van der Waals surface area contributed by atoms with Gasteiger partial charge in [0.2, 0.25) is 5.91 Å². The molecular formula is C22H24N2O4. The number of phenols is 1. The van der Waals surface area contributed by atoms with Crippen LogP contribution in [0.25, 0.3) is 0 Å². The highest BCUT2D eigenvalue weighted by Crippen LogP contribution is 2.33. The minimum absolute atomic E-state index is 0.0246. The number of ketones is 1. The Bertz CT molecular complexity index is 864. The zero-order valence-corrected chi connectivity index (χ0v) is 16.0. The van der Waals surface area contributed by atoms with Crippen molar-refractivity contribution in [2.45, 2.75) is 31.7 Å². The Morgan fingerprint density at radius 3 is 2.39 bits per heavy atom. The van der Waals surface area contributed by atoms with Crippen LogP contribution in [0, 0.1) is 5.92 Å². The number of carbonyl (C=O) groups is 3. The summed E-state index contributed by atoms with van der Waals surface area (Å²) in [4.78, 5) is 39.8.